The molecule has 1 aromatic carbocycles. The van der Waals surface area contributed by atoms with Crippen LogP contribution in [0.2, 0.25) is 5.02 Å². The number of carboxylic acid groups (broad SMARTS) is 1. The van der Waals surface area contributed by atoms with Crippen LogP contribution in [0.1, 0.15) is 10.4 Å². The molecule has 98 valence electrons. The van der Waals surface area contributed by atoms with Gasteiger partial charge in [0.05, 0.1) is 10.7 Å². The Balaban J connectivity index is 2.43. The molecule has 0 radical (unpaired) electrons. The van der Waals surface area contributed by atoms with Crippen molar-refractivity contribution in [3.8, 4) is 0 Å². The molecule has 0 fully saturated rings. The highest BCUT2D eigenvalue weighted by Crippen LogP contribution is 2.29. The molecule has 0 aliphatic rings. The number of hydrogen-bond acceptors (Lipinski definition) is 3. The Bertz CT molecular complexity index is 650. The molecule has 0 aliphatic heterocycles. The van der Waals surface area contributed by atoms with Crippen molar-refractivity contribution in [3.63, 3.8) is 0 Å². The topological polar surface area (TPSA) is 62.2 Å². The molecule has 0 aliphatic carbocycles. The minimum absolute atomic E-state index is 0.0606. The van der Waals surface area contributed by atoms with Crippen molar-refractivity contribution in [3.05, 3.63) is 50.0 Å². The summed E-state index contributed by atoms with van der Waals surface area (Å²) in [5.41, 5.74) is 0.638. The molecule has 2 rings (SSSR count). The third kappa shape index (κ3) is 3.46. The third-order valence-electron chi connectivity index (χ3n) is 2.27. The standard InChI is InChI=1S/C12H7Br2ClN2O2/c13-6-1-2-9(15)10(4-6)17-11-8(12(18)19)3-7(14)5-16-11/h1-5H,(H,16,17)(H,18,19). The maximum atomic E-state index is 11.2. The predicted octanol–water partition coefficient (Wildman–Crippen LogP) is 4.70. The van der Waals surface area contributed by atoms with Crippen LogP contribution in [0, 0.1) is 0 Å². The molecule has 2 aromatic rings. The highest BCUT2D eigenvalue weighted by atomic mass is 79.9. The number of aromatic carboxylic acids is 1. The molecule has 19 heavy (non-hydrogen) atoms. The van der Waals surface area contributed by atoms with Crippen LogP contribution in [0.25, 0.3) is 0 Å². The summed E-state index contributed by atoms with van der Waals surface area (Å²) in [7, 11) is 0. The summed E-state index contributed by atoms with van der Waals surface area (Å²) in [5, 5.41) is 12.5. The number of halogens is 3. The van der Waals surface area contributed by atoms with Gasteiger partial charge >= 0.3 is 5.97 Å². The van der Waals surface area contributed by atoms with Crippen molar-refractivity contribution in [2.45, 2.75) is 0 Å². The molecule has 0 spiro atoms. The molecule has 0 atom stereocenters. The number of nitrogens with zero attached hydrogens (tertiary/aromatic N) is 1. The second-order valence-corrected chi connectivity index (χ2v) is 5.84. The summed E-state index contributed by atoms with van der Waals surface area (Å²) in [6.07, 6.45) is 1.51. The second-order valence-electron chi connectivity index (χ2n) is 3.60. The first-order chi connectivity index (χ1) is 8.97. The number of carboxylic acids is 1. The summed E-state index contributed by atoms with van der Waals surface area (Å²) in [4.78, 5) is 15.2. The van der Waals surface area contributed by atoms with Gasteiger partial charge in [-0.15, -0.1) is 0 Å². The van der Waals surface area contributed by atoms with Gasteiger partial charge in [0.15, 0.2) is 0 Å². The van der Waals surface area contributed by atoms with E-state index in [2.05, 4.69) is 42.2 Å². The van der Waals surface area contributed by atoms with Crippen molar-refractivity contribution >= 4 is 60.9 Å². The van der Waals surface area contributed by atoms with Crippen molar-refractivity contribution < 1.29 is 9.90 Å². The van der Waals surface area contributed by atoms with Gasteiger partial charge in [0, 0.05) is 15.1 Å². The lowest BCUT2D eigenvalue weighted by Gasteiger charge is -2.10. The Hall–Kier alpha value is -1.11. The number of rotatable bonds is 3. The fourth-order valence-corrected chi connectivity index (χ4v) is 2.28. The van der Waals surface area contributed by atoms with E-state index in [1.165, 1.54) is 12.3 Å². The first-order valence-electron chi connectivity index (χ1n) is 5.08. The average Bonchev–Trinajstić information content (AvgIpc) is 2.35. The van der Waals surface area contributed by atoms with Gasteiger partial charge in [-0.25, -0.2) is 9.78 Å². The largest absolute Gasteiger partial charge is 0.478 e. The molecule has 4 nitrogen and oxygen atoms in total. The number of pyridine rings is 1. The van der Waals surface area contributed by atoms with Gasteiger partial charge in [0.25, 0.3) is 0 Å². The summed E-state index contributed by atoms with van der Waals surface area (Å²) >= 11 is 12.6. The maximum Gasteiger partial charge on any atom is 0.339 e. The lowest BCUT2D eigenvalue weighted by Crippen LogP contribution is -2.05. The number of aromatic nitrogens is 1. The molecular weight excluding hydrogens is 399 g/mol. The van der Waals surface area contributed by atoms with Gasteiger partial charge in [-0.3, -0.25) is 0 Å². The van der Waals surface area contributed by atoms with E-state index >= 15 is 0 Å². The van der Waals surface area contributed by atoms with Gasteiger partial charge in [-0.2, -0.15) is 0 Å². The fourth-order valence-electron chi connectivity index (χ4n) is 1.42. The molecule has 0 saturated carbocycles. The molecule has 2 N–H and O–H groups in total. The molecule has 1 heterocycles. The minimum atomic E-state index is -1.07. The van der Waals surface area contributed by atoms with E-state index < -0.39 is 5.97 Å². The number of carbonyl (C=O) groups is 1. The quantitative estimate of drug-likeness (QED) is 0.776. The number of hydrogen-bond donors (Lipinski definition) is 2. The highest BCUT2D eigenvalue weighted by Gasteiger charge is 2.13. The zero-order valence-electron chi connectivity index (χ0n) is 9.32. The molecule has 7 heteroatoms. The van der Waals surface area contributed by atoms with Gasteiger partial charge in [-0.05, 0) is 40.2 Å². The Morgan fingerprint density at radius 3 is 2.68 bits per heavy atom. The predicted molar refractivity (Wildman–Crippen MR) is 81.3 cm³/mol. The Morgan fingerprint density at radius 1 is 1.26 bits per heavy atom. The van der Waals surface area contributed by atoms with Gasteiger partial charge in [0.1, 0.15) is 11.4 Å². The van der Waals surface area contributed by atoms with Crippen molar-refractivity contribution in [2.75, 3.05) is 5.32 Å². The summed E-state index contributed by atoms with van der Waals surface area (Å²) in [6, 6.07) is 6.72. The molecule has 0 saturated heterocycles. The van der Waals surface area contributed by atoms with Crippen LogP contribution in [-0.4, -0.2) is 16.1 Å². The minimum Gasteiger partial charge on any atom is -0.478 e. The molecule has 0 unspecified atom stereocenters. The van der Waals surface area contributed by atoms with Crippen molar-refractivity contribution in [1.82, 2.24) is 4.98 Å². The summed E-state index contributed by atoms with van der Waals surface area (Å²) in [5.74, 6) is -0.835. The average molecular weight is 406 g/mol. The zero-order valence-corrected chi connectivity index (χ0v) is 13.3. The Labute approximate surface area is 131 Å². The molecule has 0 bridgehead atoms. The van der Waals surface area contributed by atoms with Gasteiger partial charge < -0.3 is 10.4 Å². The van der Waals surface area contributed by atoms with Crippen LogP contribution in [-0.2, 0) is 0 Å². The van der Waals surface area contributed by atoms with Crippen LogP contribution in [0.3, 0.4) is 0 Å². The summed E-state index contributed by atoms with van der Waals surface area (Å²) < 4.78 is 1.42. The molecule has 1 aromatic heterocycles. The number of anilines is 2. The Kier molecular flexibility index (Phi) is 4.44. The first-order valence-corrected chi connectivity index (χ1v) is 7.04. The van der Waals surface area contributed by atoms with Gasteiger partial charge in [-0.1, -0.05) is 27.5 Å². The van der Waals surface area contributed by atoms with E-state index in [4.69, 9.17) is 16.7 Å². The lowest BCUT2D eigenvalue weighted by atomic mass is 10.2. The summed E-state index contributed by atoms with van der Waals surface area (Å²) in [6.45, 7) is 0. The van der Waals surface area contributed by atoms with Gasteiger partial charge in [0.2, 0.25) is 0 Å². The van der Waals surface area contributed by atoms with Crippen molar-refractivity contribution in [1.29, 1.82) is 0 Å². The number of benzene rings is 1. The van der Waals surface area contributed by atoms with E-state index in [0.717, 1.165) is 4.47 Å². The maximum absolute atomic E-state index is 11.2. The van der Waals surface area contributed by atoms with Crippen LogP contribution >= 0.6 is 43.5 Å². The van der Waals surface area contributed by atoms with E-state index in [0.29, 0.717) is 15.2 Å². The molecule has 0 amide bonds. The highest BCUT2D eigenvalue weighted by molar-refractivity contribution is 9.10. The van der Waals surface area contributed by atoms with E-state index in [1.54, 1.807) is 18.2 Å². The smallest absolute Gasteiger partial charge is 0.339 e. The Morgan fingerprint density at radius 2 is 2.00 bits per heavy atom. The van der Waals surface area contributed by atoms with Crippen LogP contribution in [0.4, 0.5) is 11.5 Å². The zero-order chi connectivity index (χ0) is 14.0. The van der Waals surface area contributed by atoms with E-state index in [-0.39, 0.29) is 11.4 Å². The van der Waals surface area contributed by atoms with Crippen molar-refractivity contribution in [2.24, 2.45) is 0 Å². The van der Waals surface area contributed by atoms with Crippen LogP contribution in [0.5, 0.6) is 0 Å². The SMILES string of the molecule is O=C(O)c1cc(Br)cnc1Nc1cc(Br)ccc1Cl. The van der Waals surface area contributed by atoms with Crippen LogP contribution in [0.15, 0.2) is 39.4 Å². The fraction of sp³-hybridized carbons (Fsp3) is 0. The van der Waals surface area contributed by atoms with E-state index in [1.807, 2.05) is 0 Å². The third-order valence-corrected chi connectivity index (χ3v) is 3.52. The van der Waals surface area contributed by atoms with E-state index in [9.17, 15) is 4.79 Å². The lowest BCUT2D eigenvalue weighted by molar-refractivity contribution is 0.0697. The first kappa shape index (κ1) is 14.3. The molecular formula is C12H7Br2ClN2O2. The monoisotopic (exact) mass is 404 g/mol. The number of nitrogens with one attached hydrogen (secondary N) is 1. The van der Waals surface area contributed by atoms with Crippen LogP contribution < -0.4 is 5.32 Å². The second kappa shape index (κ2) is 5.90. The normalized spacial score (nSPS) is 10.3.